The summed E-state index contributed by atoms with van der Waals surface area (Å²) in [6, 6.07) is 0.278. The molecule has 1 aliphatic carbocycles. The Morgan fingerprint density at radius 1 is 1.47 bits per heavy atom. The summed E-state index contributed by atoms with van der Waals surface area (Å²) in [5.41, 5.74) is 0. The lowest BCUT2D eigenvalue weighted by Gasteiger charge is -2.13. The van der Waals surface area contributed by atoms with E-state index in [1.807, 2.05) is 6.92 Å². The van der Waals surface area contributed by atoms with E-state index in [0.29, 0.717) is 13.2 Å². The van der Waals surface area contributed by atoms with E-state index in [1.54, 1.807) is 0 Å². The molecule has 100 valence electrons. The van der Waals surface area contributed by atoms with Crippen LogP contribution in [0.1, 0.15) is 39.5 Å². The van der Waals surface area contributed by atoms with E-state index in [0.717, 1.165) is 31.9 Å². The molecule has 0 heterocycles. The van der Waals surface area contributed by atoms with Gasteiger partial charge in [-0.2, -0.15) is 0 Å². The highest BCUT2D eigenvalue weighted by Gasteiger charge is 2.20. The molecule has 0 aliphatic heterocycles. The molecule has 0 aromatic heterocycles. The molecule has 0 aromatic rings. The van der Waals surface area contributed by atoms with Gasteiger partial charge >= 0.3 is 0 Å². The van der Waals surface area contributed by atoms with Crippen LogP contribution in [0, 0.1) is 5.92 Å². The predicted octanol–water partition coefficient (Wildman–Crippen LogP) is 1.31. The number of rotatable bonds is 10. The molecule has 4 heteroatoms. The standard InChI is InChI=1S/C13H26N2O2/c1-3-4-11(2)15-13(16)9-14-7-8-17-10-12-5-6-12/h11-12,14H,3-10H2,1-2H3,(H,15,16). The zero-order chi connectivity index (χ0) is 12.5. The minimum Gasteiger partial charge on any atom is -0.380 e. The summed E-state index contributed by atoms with van der Waals surface area (Å²) in [5, 5.41) is 6.05. The second-order valence-corrected chi connectivity index (χ2v) is 4.95. The Labute approximate surface area is 104 Å². The maximum Gasteiger partial charge on any atom is 0.234 e. The van der Waals surface area contributed by atoms with E-state index in [-0.39, 0.29) is 11.9 Å². The molecule has 1 amide bonds. The minimum absolute atomic E-state index is 0.0770. The highest BCUT2D eigenvalue weighted by molar-refractivity contribution is 5.78. The molecule has 0 radical (unpaired) electrons. The maximum atomic E-state index is 11.5. The molecule has 0 spiro atoms. The van der Waals surface area contributed by atoms with Gasteiger partial charge in [-0.15, -0.1) is 0 Å². The van der Waals surface area contributed by atoms with Gasteiger partial charge in [0, 0.05) is 19.2 Å². The van der Waals surface area contributed by atoms with Crippen molar-refractivity contribution in [2.75, 3.05) is 26.3 Å². The zero-order valence-corrected chi connectivity index (χ0v) is 11.1. The highest BCUT2D eigenvalue weighted by Crippen LogP contribution is 2.28. The summed E-state index contributed by atoms with van der Waals surface area (Å²) in [5.74, 6) is 0.890. The van der Waals surface area contributed by atoms with Crippen molar-refractivity contribution in [1.29, 1.82) is 0 Å². The summed E-state index contributed by atoms with van der Waals surface area (Å²) in [6.45, 7) is 6.90. The number of amides is 1. The van der Waals surface area contributed by atoms with Crippen molar-refractivity contribution in [3.63, 3.8) is 0 Å². The topological polar surface area (TPSA) is 50.4 Å². The van der Waals surface area contributed by atoms with Crippen LogP contribution in [0.15, 0.2) is 0 Å². The van der Waals surface area contributed by atoms with Gasteiger partial charge in [0.25, 0.3) is 0 Å². The number of hydrogen-bond acceptors (Lipinski definition) is 3. The molecule has 1 rings (SSSR count). The van der Waals surface area contributed by atoms with Crippen LogP contribution in [0.2, 0.25) is 0 Å². The van der Waals surface area contributed by atoms with Crippen molar-refractivity contribution >= 4 is 5.91 Å². The molecule has 1 saturated carbocycles. The quantitative estimate of drug-likeness (QED) is 0.568. The summed E-state index contributed by atoms with van der Waals surface area (Å²) in [7, 11) is 0. The molecule has 1 aliphatic rings. The van der Waals surface area contributed by atoms with Gasteiger partial charge in [-0.1, -0.05) is 13.3 Å². The minimum atomic E-state index is 0.0770. The first-order valence-electron chi connectivity index (χ1n) is 6.80. The fourth-order valence-electron chi connectivity index (χ4n) is 1.71. The predicted molar refractivity (Wildman–Crippen MR) is 68.9 cm³/mol. The summed E-state index contributed by atoms with van der Waals surface area (Å²) >= 11 is 0. The fourth-order valence-corrected chi connectivity index (χ4v) is 1.71. The number of ether oxygens (including phenoxy) is 1. The fraction of sp³-hybridized carbons (Fsp3) is 0.923. The SMILES string of the molecule is CCCC(C)NC(=O)CNCCOCC1CC1. The lowest BCUT2D eigenvalue weighted by atomic mass is 10.2. The highest BCUT2D eigenvalue weighted by atomic mass is 16.5. The number of carbonyl (C=O) groups is 1. The van der Waals surface area contributed by atoms with Gasteiger partial charge in [0.05, 0.1) is 13.2 Å². The van der Waals surface area contributed by atoms with Gasteiger partial charge < -0.3 is 15.4 Å². The third-order valence-corrected chi connectivity index (χ3v) is 2.89. The molecule has 2 N–H and O–H groups in total. The van der Waals surface area contributed by atoms with E-state index in [2.05, 4.69) is 17.6 Å². The van der Waals surface area contributed by atoms with Crippen molar-refractivity contribution in [2.45, 2.75) is 45.6 Å². The monoisotopic (exact) mass is 242 g/mol. The maximum absolute atomic E-state index is 11.5. The van der Waals surface area contributed by atoms with E-state index in [1.165, 1.54) is 12.8 Å². The van der Waals surface area contributed by atoms with E-state index < -0.39 is 0 Å². The normalized spacial score (nSPS) is 16.8. The van der Waals surface area contributed by atoms with E-state index >= 15 is 0 Å². The molecular weight excluding hydrogens is 216 g/mol. The smallest absolute Gasteiger partial charge is 0.234 e. The molecule has 17 heavy (non-hydrogen) atoms. The molecular formula is C13H26N2O2. The third-order valence-electron chi connectivity index (χ3n) is 2.89. The van der Waals surface area contributed by atoms with Crippen LogP contribution in [0.3, 0.4) is 0 Å². The Kier molecular flexibility index (Phi) is 7.21. The Hall–Kier alpha value is -0.610. The molecule has 0 saturated heterocycles. The summed E-state index contributed by atoms with van der Waals surface area (Å²) in [4.78, 5) is 11.5. The largest absolute Gasteiger partial charge is 0.380 e. The first kappa shape index (κ1) is 14.5. The number of hydrogen-bond donors (Lipinski definition) is 2. The molecule has 0 aromatic carbocycles. The van der Waals surface area contributed by atoms with Crippen molar-refractivity contribution in [2.24, 2.45) is 5.92 Å². The molecule has 4 nitrogen and oxygen atoms in total. The molecule has 1 fully saturated rings. The van der Waals surface area contributed by atoms with Gasteiger partial charge in [-0.25, -0.2) is 0 Å². The van der Waals surface area contributed by atoms with Crippen LogP contribution < -0.4 is 10.6 Å². The van der Waals surface area contributed by atoms with Crippen LogP contribution >= 0.6 is 0 Å². The summed E-state index contributed by atoms with van der Waals surface area (Å²) in [6.07, 6.45) is 4.79. The van der Waals surface area contributed by atoms with Crippen molar-refractivity contribution in [1.82, 2.24) is 10.6 Å². The van der Waals surface area contributed by atoms with E-state index in [9.17, 15) is 4.79 Å². The third kappa shape index (κ3) is 8.16. The van der Waals surface area contributed by atoms with Gasteiger partial charge in [0.2, 0.25) is 5.91 Å². The van der Waals surface area contributed by atoms with Crippen LogP contribution in [0.25, 0.3) is 0 Å². The van der Waals surface area contributed by atoms with Gasteiger partial charge in [-0.05, 0) is 32.1 Å². The second kappa shape index (κ2) is 8.48. The van der Waals surface area contributed by atoms with Crippen molar-refractivity contribution < 1.29 is 9.53 Å². The molecule has 0 bridgehead atoms. The lowest BCUT2D eigenvalue weighted by Crippen LogP contribution is -2.39. The number of carbonyl (C=O) groups excluding carboxylic acids is 1. The van der Waals surface area contributed by atoms with Gasteiger partial charge in [-0.3, -0.25) is 4.79 Å². The van der Waals surface area contributed by atoms with Crippen molar-refractivity contribution in [3.8, 4) is 0 Å². The van der Waals surface area contributed by atoms with E-state index in [4.69, 9.17) is 4.74 Å². The van der Waals surface area contributed by atoms with Crippen LogP contribution in [-0.4, -0.2) is 38.3 Å². The van der Waals surface area contributed by atoms with Crippen LogP contribution in [0.5, 0.6) is 0 Å². The van der Waals surface area contributed by atoms with Gasteiger partial charge in [0.1, 0.15) is 0 Å². The average molecular weight is 242 g/mol. The Morgan fingerprint density at radius 3 is 2.88 bits per heavy atom. The average Bonchev–Trinajstić information content (AvgIpc) is 3.07. The first-order valence-corrected chi connectivity index (χ1v) is 6.80. The first-order chi connectivity index (χ1) is 8.22. The Bertz CT molecular complexity index is 217. The number of nitrogens with one attached hydrogen (secondary N) is 2. The van der Waals surface area contributed by atoms with Gasteiger partial charge in [0.15, 0.2) is 0 Å². The Morgan fingerprint density at radius 2 is 2.24 bits per heavy atom. The second-order valence-electron chi connectivity index (χ2n) is 4.95. The lowest BCUT2D eigenvalue weighted by molar-refractivity contribution is -0.120. The molecule has 1 unspecified atom stereocenters. The van der Waals surface area contributed by atoms with Crippen LogP contribution in [-0.2, 0) is 9.53 Å². The summed E-state index contributed by atoms with van der Waals surface area (Å²) < 4.78 is 5.46. The Balaban J connectivity index is 1.85. The zero-order valence-electron chi connectivity index (χ0n) is 11.1. The van der Waals surface area contributed by atoms with Crippen LogP contribution in [0.4, 0.5) is 0 Å². The molecule has 1 atom stereocenters. The van der Waals surface area contributed by atoms with Crippen molar-refractivity contribution in [3.05, 3.63) is 0 Å².